The Morgan fingerprint density at radius 2 is 1.71 bits per heavy atom. The van der Waals surface area contributed by atoms with Crippen LogP contribution in [0.25, 0.3) is 11.1 Å². The van der Waals surface area contributed by atoms with Crippen LogP contribution in [0.15, 0.2) is 54.6 Å². The summed E-state index contributed by atoms with van der Waals surface area (Å²) in [7, 11) is 0. The molecule has 2 N–H and O–H groups in total. The van der Waals surface area contributed by atoms with E-state index in [0.29, 0.717) is 17.5 Å². The van der Waals surface area contributed by atoms with Crippen LogP contribution < -0.4 is 10.1 Å². The number of nitrogens with one attached hydrogen (secondary N) is 1. The fourth-order valence-electron chi connectivity index (χ4n) is 3.15. The summed E-state index contributed by atoms with van der Waals surface area (Å²) in [6, 6.07) is 14.2. The minimum Gasteiger partial charge on any atom is -0.481 e. The van der Waals surface area contributed by atoms with Gasteiger partial charge in [0.1, 0.15) is 10.8 Å². The Morgan fingerprint density at radius 1 is 1.00 bits per heavy atom. The number of aryl methyl sites for hydroxylation is 1. The SMILES string of the molecule is CCc1cc(C(=O)c2cc(-c3ccccc3)ccc2OC(F)(F)F)c(NC(=O)CSCC(=O)O)s1. The lowest BCUT2D eigenvalue weighted by atomic mass is 9.97. The van der Waals surface area contributed by atoms with Crippen molar-refractivity contribution < 1.29 is 37.4 Å². The van der Waals surface area contributed by atoms with Gasteiger partial charge in [0.25, 0.3) is 0 Å². The van der Waals surface area contributed by atoms with Gasteiger partial charge < -0.3 is 15.2 Å². The van der Waals surface area contributed by atoms with Crippen LogP contribution in [-0.4, -0.2) is 40.6 Å². The number of benzene rings is 2. The van der Waals surface area contributed by atoms with Crippen molar-refractivity contribution in [3.8, 4) is 16.9 Å². The predicted molar refractivity (Wildman–Crippen MR) is 129 cm³/mol. The number of aliphatic carboxylic acids is 1. The maximum atomic E-state index is 13.5. The molecule has 3 rings (SSSR count). The molecule has 1 heterocycles. The van der Waals surface area contributed by atoms with Crippen molar-refractivity contribution in [2.45, 2.75) is 19.7 Å². The highest BCUT2D eigenvalue weighted by molar-refractivity contribution is 8.00. The van der Waals surface area contributed by atoms with Crippen LogP contribution in [0.3, 0.4) is 0 Å². The van der Waals surface area contributed by atoms with Crippen LogP contribution in [-0.2, 0) is 16.0 Å². The number of alkyl halides is 3. The quantitative estimate of drug-likeness (QED) is 0.323. The summed E-state index contributed by atoms with van der Waals surface area (Å²) in [5.74, 6) is -3.43. The number of anilines is 1. The van der Waals surface area contributed by atoms with Gasteiger partial charge in [-0.05, 0) is 35.7 Å². The number of ether oxygens (including phenoxy) is 1. The number of ketones is 1. The van der Waals surface area contributed by atoms with Crippen molar-refractivity contribution in [1.29, 1.82) is 0 Å². The number of carboxylic acids is 1. The van der Waals surface area contributed by atoms with Gasteiger partial charge >= 0.3 is 12.3 Å². The van der Waals surface area contributed by atoms with Crippen molar-refractivity contribution >= 4 is 45.8 Å². The minimum atomic E-state index is -5.01. The molecule has 2 aromatic carbocycles. The van der Waals surface area contributed by atoms with Crippen LogP contribution in [0, 0.1) is 0 Å². The van der Waals surface area contributed by atoms with E-state index in [-0.39, 0.29) is 27.6 Å². The minimum absolute atomic E-state index is 0.0284. The number of hydrogen-bond donors (Lipinski definition) is 2. The monoisotopic (exact) mass is 523 g/mol. The Kier molecular flexibility index (Phi) is 8.57. The molecule has 0 aliphatic carbocycles. The first kappa shape index (κ1) is 26.3. The van der Waals surface area contributed by atoms with Gasteiger partial charge in [-0.3, -0.25) is 14.4 Å². The molecule has 3 aromatic rings. The number of rotatable bonds is 10. The highest BCUT2D eigenvalue weighted by atomic mass is 32.2. The van der Waals surface area contributed by atoms with Gasteiger partial charge in [0, 0.05) is 4.88 Å². The number of carboxylic acid groups (broad SMARTS) is 1. The van der Waals surface area contributed by atoms with Crippen LogP contribution in [0.2, 0.25) is 0 Å². The van der Waals surface area contributed by atoms with E-state index < -0.39 is 29.8 Å². The number of halogens is 3. The molecule has 11 heteroatoms. The summed E-state index contributed by atoms with van der Waals surface area (Å²) in [5.41, 5.74) is 0.939. The van der Waals surface area contributed by atoms with Gasteiger partial charge in [-0.25, -0.2) is 0 Å². The van der Waals surface area contributed by atoms with Crippen molar-refractivity contribution in [3.63, 3.8) is 0 Å². The smallest absolute Gasteiger partial charge is 0.481 e. The van der Waals surface area contributed by atoms with E-state index in [2.05, 4.69) is 10.1 Å². The number of carbonyl (C=O) groups excluding carboxylic acids is 2. The normalized spacial score (nSPS) is 11.2. The third kappa shape index (κ3) is 7.33. The summed E-state index contributed by atoms with van der Waals surface area (Å²) in [6.45, 7) is 1.84. The van der Waals surface area contributed by atoms with Crippen LogP contribution in [0.4, 0.5) is 18.2 Å². The van der Waals surface area contributed by atoms with Crippen molar-refractivity contribution in [1.82, 2.24) is 0 Å². The van der Waals surface area contributed by atoms with E-state index in [1.807, 2.05) is 6.92 Å². The fourth-order valence-corrected chi connectivity index (χ4v) is 4.69. The largest absolute Gasteiger partial charge is 0.573 e. The molecule has 0 radical (unpaired) electrons. The second-order valence-corrected chi connectivity index (χ2v) is 9.32. The maximum absolute atomic E-state index is 13.5. The average molecular weight is 524 g/mol. The lowest BCUT2D eigenvalue weighted by Crippen LogP contribution is -2.20. The van der Waals surface area contributed by atoms with E-state index in [4.69, 9.17) is 5.11 Å². The zero-order valence-electron chi connectivity index (χ0n) is 18.3. The highest BCUT2D eigenvalue weighted by Crippen LogP contribution is 2.36. The first-order chi connectivity index (χ1) is 16.6. The molecule has 6 nitrogen and oxygen atoms in total. The molecule has 0 aliphatic heterocycles. The van der Waals surface area contributed by atoms with E-state index in [1.54, 1.807) is 30.3 Å². The molecule has 1 amide bonds. The number of amides is 1. The summed E-state index contributed by atoms with van der Waals surface area (Å²) in [5, 5.41) is 11.5. The molecule has 0 spiro atoms. The number of carbonyl (C=O) groups is 3. The lowest BCUT2D eigenvalue weighted by Gasteiger charge is -2.14. The van der Waals surface area contributed by atoms with E-state index in [9.17, 15) is 27.6 Å². The molecule has 35 heavy (non-hydrogen) atoms. The molecule has 184 valence electrons. The van der Waals surface area contributed by atoms with Crippen LogP contribution in [0.5, 0.6) is 5.75 Å². The summed E-state index contributed by atoms with van der Waals surface area (Å²) in [4.78, 5) is 37.2. The fraction of sp³-hybridized carbons (Fsp3) is 0.208. The molecule has 0 saturated carbocycles. The van der Waals surface area contributed by atoms with Crippen molar-refractivity contribution in [3.05, 3.63) is 70.6 Å². The summed E-state index contributed by atoms with van der Waals surface area (Å²) >= 11 is 2.01. The molecule has 0 fully saturated rings. The topological polar surface area (TPSA) is 92.7 Å². The Bertz CT molecular complexity index is 1230. The Morgan fingerprint density at radius 3 is 2.34 bits per heavy atom. The van der Waals surface area contributed by atoms with Gasteiger partial charge in [-0.1, -0.05) is 43.3 Å². The first-order valence-electron chi connectivity index (χ1n) is 10.3. The molecule has 0 bridgehead atoms. The Hall–Kier alpha value is -3.31. The molecular weight excluding hydrogens is 503 g/mol. The molecule has 1 aromatic heterocycles. The van der Waals surface area contributed by atoms with Gasteiger partial charge in [-0.2, -0.15) is 0 Å². The predicted octanol–water partition coefficient (Wildman–Crippen LogP) is 5.86. The van der Waals surface area contributed by atoms with E-state index in [1.165, 1.54) is 18.2 Å². The number of thioether (sulfide) groups is 1. The van der Waals surface area contributed by atoms with Crippen LogP contribution in [0.1, 0.15) is 27.7 Å². The number of hydrogen-bond acceptors (Lipinski definition) is 6. The summed E-state index contributed by atoms with van der Waals surface area (Å²) in [6.07, 6.45) is -4.48. The first-order valence-corrected chi connectivity index (χ1v) is 12.3. The van der Waals surface area contributed by atoms with E-state index >= 15 is 0 Å². The van der Waals surface area contributed by atoms with Gasteiger partial charge in [0.05, 0.1) is 22.6 Å². The summed E-state index contributed by atoms with van der Waals surface area (Å²) < 4.78 is 43.3. The van der Waals surface area contributed by atoms with Gasteiger partial charge in [0.15, 0.2) is 5.78 Å². The third-order valence-electron chi connectivity index (χ3n) is 4.64. The third-order valence-corrected chi connectivity index (χ3v) is 6.76. The molecule has 0 atom stereocenters. The zero-order valence-corrected chi connectivity index (χ0v) is 20.0. The lowest BCUT2D eigenvalue weighted by molar-refractivity contribution is -0.274. The molecule has 0 unspecified atom stereocenters. The Labute approximate surface area is 207 Å². The molecule has 0 saturated heterocycles. The van der Waals surface area contributed by atoms with Crippen molar-refractivity contribution in [2.75, 3.05) is 16.8 Å². The van der Waals surface area contributed by atoms with Gasteiger partial charge in [-0.15, -0.1) is 36.3 Å². The van der Waals surface area contributed by atoms with Crippen LogP contribution >= 0.6 is 23.1 Å². The Balaban J connectivity index is 1.99. The zero-order chi connectivity index (χ0) is 25.6. The average Bonchev–Trinajstić information content (AvgIpc) is 3.21. The highest BCUT2D eigenvalue weighted by Gasteiger charge is 2.34. The van der Waals surface area contributed by atoms with E-state index in [0.717, 1.165) is 34.0 Å². The second-order valence-electron chi connectivity index (χ2n) is 7.20. The van der Waals surface area contributed by atoms with Gasteiger partial charge in [0.2, 0.25) is 5.91 Å². The number of thiophene rings is 1. The molecular formula is C24H20F3NO5S2. The van der Waals surface area contributed by atoms with Crippen molar-refractivity contribution in [2.24, 2.45) is 0 Å². The maximum Gasteiger partial charge on any atom is 0.573 e. The standard InChI is InChI=1S/C24H20F3NO5S2/c1-2-16-11-18(23(35-16)28-20(29)12-34-13-21(30)31)22(32)17-10-15(14-6-4-3-5-7-14)8-9-19(17)33-24(25,26)27/h3-11H,2,12-13H2,1H3,(H,28,29)(H,30,31). The second kappa shape index (κ2) is 11.4. The molecule has 0 aliphatic rings.